The fourth-order valence-electron chi connectivity index (χ4n) is 2.60. The fraction of sp³-hybridized carbons (Fsp3) is 0.267. The summed E-state index contributed by atoms with van der Waals surface area (Å²) in [6, 6.07) is 6.56. The molecule has 0 spiro atoms. The molecule has 1 aliphatic rings. The third kappa shape index (κ3) is 3.68. The van der Waals surface area contributed by atoms with Gasteiger partial charge in [0.2, 0.25) is 5.91 Å². The number of furan rings is 1. The molecular formula is C15H15Cl2N3O4S. The summed E-state index contributed by atoms with van der Waals surface area (Å²) >= 11 is 12.0. The Morgan fingerprint density at radius 2 is 2.08 bits per heavy atom. The molecule has 0 bridgehead atoms. The van der Waals surface area contributed by atoms with E-state index >= 15 is 0 Å². The van der Waals surface area contributed by atoms with E-state index in [1.54, 1.807) is 30.3 Å². The molecule has 2 N–H and O–H groups in total. The summed E-state index contributed by atoms with van der Waals surface area (Å²) in [5, 5.41) is 3.12. The molecule has 3 rings (SSSR count). The number of nitrogens with one attached hydrogen (secondary N) is 2. The van der Waals surface area contributed by atoms with Gasteiger partial charge in [0, 0.05) is 7.05 Å². The van der Waals surface area contributed by atoms with E-state index in [1.165, 1.54) is 13.3 Å². The number of benzene rings is 1. The number of carbonyl (C=O) groups excluding carboxylic acids is 1. The zero-order chi connectivity index (χ0) is 18.2. The molecule has 7 nitrogen and oxygen atoms in total. The number of anilines is 1. The molecule has 2 aromatic rings. The first-order valence-corrected chi connectivity index (χ1v) is 9.53. The molecule has 25 heavy (non-hydrogen) atoms. The van der Waals surface area contributed by atoms with Crippen molar-refractivity contribution in [3.05, 3.63) is 52.4 Å². The summed E-state index contributed by atoms with van der Waals surface area (Å²) in [7, 11) is -2.50. The Morgan fingerprint density at radius 1 is 1.32 bits per heavy atom. The van der Waals surface area contributed by atoms with Gasteiger partial charge in [0.15, 0.2) is 0 Å². The SMILES string of the molecule is CN1[C@@H](C(=O)Nc2cccc(Cl)c2Cl)C[C@@H](c2ccco2)NS1(=O)=O. The summed E-state index contributed by atoms with van der Waals surface area (Å²) < 4.78 is 33.4. The van der Waals surface area contributed by atoms with Crippen LogP contribution in [-0.4, -0.2) is 31.7 Å². The Balaban J connectivity index is 1.86. The van der Waals surface area contributed by atoms with Crippen LogP contribution in [0.1, 0.15) is 18.2 Å². The largest absolute Gasteiger partial charge is 0.468 e. The quantitative estimate of drug-likeness (QED) is 0.823. The molecule has 1 aromatic carbocycles. The van der Waals surface area contributed by atoms with Gasteiger partial charge < -0.3 is 9.73 Å². The van der Waals surface area contributed by atoms with Crippen molar-refractivity contribution >= 4 is 45.0 Å². The lowest BCUT2D eigenvalue weighted by atomic mass is 10.0. The highest BCUT2D eigenvalue weighted by Crippen LogP contribution is 2.32. The lowest BCUT2D eigenvalue weighted by Crippen LogP contribution is -2.55. The highest BCUT2D eigenvalue weighted by molar-refractivity contribution is 7.87. The van der Waals surface area contributed by atoms with Crippen LogP contribution >= 0.6 is 23.2 Å². The van der Waals surface area contributed by atoms with Crippen molar-refractivity contribution in [2.24, 2.45) is 0 Å². The summed E-state index contributed by atoms with van der Waals surface area (Å²) in [5.41, 5.74) is 0.318. The van der Waals surface area contributed by atoms with Gasteiger partial charge in [0.1, 0.15) is 11.8 Å². The molecule has 2 atom stereocenters. The minimum atomic E-state index is -3.84. The first kappa shape index (κ1) is 18.2. The van der Waals surface area contributed by atoms with Crippen LogP contribution in [0.25, 0.3) is 0 Å². The fourth-order valence-corrected chi connectivity index (χ4v) is 4.21. The number of likely N-dealkylation sites (N-methyl/N-ethyl adjacent to an activating group) is 1. The molecule has 1 amide bonds. The molecule has 0 saturated carbocycles. The molecular weight excluding hydrogens is 389 g/mol. The van der Waals surface area contributed by atoms with Gasteiger partial charge in [-0.2, -0.15) is 17.4 Å². The van der Waals surface area contributed by atoms with E-state index in [1.807, 2.05) is 0 Å². The van der Waals surface area contributed by atoms with Crippen molar-refractivity contribution in [1.82, 2.24) is 9.03 Å². The predicted molar refractivity (Wildman–Crippen MR) is 94.8 cm³/mol. The van der Waals surface area contributed by atoms with Gasteiger partial charge >= 0.3 is 0 Å². The van der Waals surface area contributed by atoms with Gasteiger partial charge in [-0.05, 0) is 30.7 Å². The number of hydrogen-bond acceptors (Lipinski definition) is 4. The third-order valence-electron chi connectivity index (χ3n) is 3.97. The molecule has 2 heterocycles. The van der Waals surface area contributed by atoms with Gasteiger partial charge in [-0.1, -0.05) is 29.3 Å². The van der Waals surface area contributed by atoms with Gasteiger partial charge in [-0.3, -0.25) is 4.79 Å². The maximum absolute atomic E-state index is 12.7. The first-order valence-electron chi connectivity index (χ1n) is 7.33. The lowest BCUT2D eigenvalue weighted by molar-refractivity contribution is -0.120. The van der Waals surface area contributed by atoms with E-state index in [0.717, 1.165) is 4.31 Å². The second-order valence-corrected chi connectivity index (χ2v) is 8.10. The Hall–Kier alpha value is -1.58. The molecule has 1 fully saturated rings. The van der Waals surface area contributed by atoms with Crippen LogP contribution in [0.2, 0.25) is 10.0 Å². The first-order chi connectivity index (χ1) is 11.8. The summed E-state index contributed by atoms with van der Waals surface area (Å²) in [5.74, 6) is -0.0661. The molecule has 10 heteroatoms. The highest BCUT2D eigenvalue weighted by atomic mass is 35.5. The zero-order valence-electron chi connectivity index (χ0n) is 13.1. The van der Waals surface area contributed by atoms with Crippen LogP contribution in [0.5, 0.6) is 0 Å². The number of carbonyl (C=O) groups is 1. The minimum absolute atomic E-state index is 0.194. The van der Waals surface area contributed by atoms with E-state index < -0.39 is 28.2 Å². The molecule has 0 radical (unpaired) electrons. The van der Waals surface area contributed by atoms with Crippen molar-refractivity contribution in [2.45, 2.75) is 18.5 Å². The van der Waals surface area contributed by atoms with Crippen LogP contribution in [-0.2, 0) is 15.0 Å². The van der Waals surface area contributed by atoms with Crippen LogP contribution in [0.4, 0.5) is 5.69 Å². The molecule has 1 saturated heterocycles. The maximum Gasteiger partial charge on any atom is 0.280 e. The third-order valence-corrected chi connectivity index (χ3v) is 6.38. The van der Waals surface area contributed by atoms with Crippen LogP contribution in [0, 0.1) is 0 Å². The summed E-state index contributed by atoms with van der Waals surface area (Å²) in [4.78, 5) is 12.7. The normalized spacial score (nSPS) is 23.3. The van der Waals surface area contributed by atoms with Crippen molar-refractivity contribution in [3.63, 3.8) is 0 Å². The van der Waals surface area contributed by atoms with Gasteiger partial charge in [-0.15, -0.1) is 0 Å². The molecule has 1 aliphatic heterocycles. The van der Waals surface area contributed by atoms with E-state index in [0.29, 0.717) is 16.5 Å². The Morgan fingerprint density at radius 3 is 2.76 bits per heavy atom. The second-order valence-electron chi connectivity index (χ2n) is 5.55. The smallest absolute Gasteiger partial charge is 0.280 e. The average molecular weight is 404 g/mol. The van der Waals surface area contributed by atoms with Crippen molar-refractivity contribution in [3.8, 4) is 0 Å². The number of rotatable bonds is 3. The summed E-state index contributed by atoms with van der Waals surface area (Å²) in [6.45, 7) is 0. The Labute approximate surface area is 155 Å². The molecule has 0 aliphatic carbocycles. The van der Waals surface area contributed by atoms with E-state index in [-0.39, 0.29) is 11.4 Å². The maximum atomic E-state index is 12.7. The van der Waals surface area contributed by atoms with Gasteiger partial charge in [-0.25, -0.2) is 0 Å². The Kier molecular flexibility index (Phi) is 5.08. The standard InChI is InChI=1S/C15H15Cl2N3O4S/c1-20-12(15(21)18-10-5-2-4-9(16)14(10)17)8-11(19-25(20,22)23)13-6-3-7-24-13/h2-7,11-12,19H,8H2,1H3,(H,18,21)/t11-,12+/m0/s1. The highest BCUT2D eigenvalue weighted by Gasteiger charge is 2.41. The van der Waals surface area contributed by atoms with E-state index in [4.69, 9.17) is 27.6 Å². The van der Waals surface area contributed by atoms with Crippen LogP contribution in [0.15, 0.2) is 41.0 Å². The number of nitrogens with zero attached hydrogens (tertiary/aromatic N) is 1. The number of amides is 1. The van der Waals surface area contributed by atoms with E-state index in [2.05, 4.69) is 10.0 Å². The van der Waals surface area contributed by atoms with Gasteiger partial charge in [0.05, 0.1) is 28.0 Å². The van der Waals surface area contributed by atoms with Crippen LogP contribution in [0.3, 0.4) is 0 Å². The van der Waals surface area contributed by atoms with Crippen LogP contribution < -0.4 is 10.0 Å². The minimum Gasteiger partial charge on any atom is -0.468 e. The monoisotopic (exact) mass is 403 g/mol. The lowest BCUT2D eigenvalue weighted by Gasteiger charge is -2.35. The average Bonchev–Trinajstić information content (AvgIpc) is 3.08. The second kappa shape index (κ2) is 6.97. The topological polar surface area (TPSA) is 91.7 Å². The molecule has 0 unspecified atom stereocenters. The van der Waals surface area contributed by atoms with Gasteiger partial charge in [0.25, 0.3) is 10.2 Å². The van der Waals surface area contributed by atoms with Crippen molar-refractivity contribution < 1.29 is 17.6 Å². The van der Waals surface area contributed by atoms with Crippen molar-refractivity contribution in [2.75, 3.05) is 12.4 Å². The Bertz CT molecular complexity index is 886. The molecule has 134 valence electrons. The predicted octanol–water partition coefficient (Wildman–Crippen LogP) is 2.80. The molecule has 1 aromatic heterocycles. The number of halogens is 2. The summed E-state index contributed by atoms with van der Waals surface area (Å²) in [6.07, 6.45) is 1.65. The number of hydrogen-bond donors (Lipinski definition) is 2. The van der Waals surface area contributed by atoms with Crippen molar-refractivity contribution in [1.29, 1.82) is 0 Å². The van der Waals surface area contributed by atoms with E-state index in [9.17, 15) is 13.2 Å². The zero-order valence-corrected chi connectivity index (χ0v) is 15.4.